The molecule has 0 aliphatic carbocycles. The number of hydrogen-bond donors (Lipinski definition) is 0. The van der Waals surface area contributed by atoms with Crippen molar-refractivity contribution in [2.45, 2.75) is 6.92 Å². The number of ether oxygens (including phenoxy) is 2. The number of aryl methyl sites for hydroxylation is 1. The van der Waals surface area contributed by atoms with E-state index in [0.717, 1.165) is 11.4 Å². The molecule has 2 aromatic rings. The van der Waals surface area contributed by atoms with E-state index in [4.69, 9.17) is 9.47 Å². The largest absolute Gasteiger partial charge is 0.459 e. The van der Waals surface area contributed by atoms with Gasteiger partial charge in [-0.3, -0.25) is 4.90 Å². The van der Waals surface area contributed by atoms with Crippen LogP contribution < -0.4 is 4.90 Å². The van der Waals surface area contributed by atoms with Crippen LogP contribution in [0.4, 0.5) is 11.4 Å². The highest BCUT2D eigenvalue weighted by Gasteiger charge is 2.19. The Balaban J connectivity index is 2.06. The quantitative estimate of drug-likeness (QED) is 0.827. The molecule has 96 valence electrons. The monoisotopic (exact) mass is 253 g/mol. The van der Waals surface area contributed by atoms with E-state index in [0.29, 0.717) is 5.88 Å². The van der Waals surface area contributed by atoms with Crippen LogP contribution >= 0.6 is 0 Å². The predicted octanol–water partition coefficient (Wildman–Crippen LogP) is 3.94. The topological polar surface area (TPSA) is 21.7 Å². The number of nitrogens with zero attached hydrogens (tertiary/aromatic N) is 1. The van der Waals surface area contributed by atoms with Crippen molar-refractivity contribution in [3.05, 3.63) is 72.3 Å². The smallest absolute Gasteiger partial charge is 0.237 e. The molecule has 0 aromatic heterocycles. The molecule has 3 nitrogen and oxygen atoms in total. The molecular weight excluding hydrogens is 238 g/mol. The fourth-order valence-electron chi connectivity index (χ4n) is 2.10. The summed E-state index contributed by atoms with van der Waals surface area (Å²) in [5, 5.41) is 0. The van der Waals surface area contributed by atoms with Crippen molar-refractivity contribution < 1.29 is 9.47 Å². The molecule has 0 radical (unpaired) electrons. The van der Waals surface area contributed by atoms with Crippen molar-refractivity contribution in [3.8, 4) is 0 Å². The van der Waals surface area contributed by atoms with Gasteiger partial charge < -0.3 is 9.47 Å². The first-order valence-electron chi connectivity index (χ1n) is 6.21. The Morgan fingerprint density at radius 1 is 0.947 bits per heavy atom. The van der Waals surface area contributed by atoms with E-state index in [9.17, 15) is 0 Å². The Morgan fingerprint density at radius 3 is 2.42 bits per heavy atom. The van der Waals surface area contributed by atoms with Crippen LogP contribution in [0.1, 0.15) is 5.56 Å². The van der Waals surface area contributed by atoms with Crippen molar-refractivity contribution in [2.24, 2.45) is 0 Å². The second-order valence-electron chi connectivity index (χ2n) is 4.39. The molecule has 0 spiro atoms. The van der Waals surface area contributed by atoms with Gasteiger partial charge in [0.1, 0.15) is 6.26 Å². The Kier molecular flexibility index (Phi) is 3.11. The Labute approximate surface area is 112 Å². The molecule has 2 aromatic carbocycles. The van der Waals surface area contributed by atoms with E-state index in [1.54, 1.807) is 6.26 Å². The van der Waals surface area contributed by atoms with Crippen LogP contribution in [-0.2, 0) is 9.47 Å². The molecule has 0 unspecified atom stereocenters. The molecule has 3 heteroatoms. The summed E-state index contributed by atoms with van der Waals surface area (Å²) in [4.78, 5) is 2.04. The number of rotatable bonds is 3. The van der Waals surface area contributed by atoms with Gasteiger partial charge in [-0.25, -0.2) is 0 Å². The minimum absolute atomic E-state index is 0.268. The van der Waals surface area contributed by atoms with Gasteiger partial charge in [-0.1, -0.05) is 30.3 Å². The molecule has 0 amide bonds. The third-order valence-corrected chi connectivity index (χ3v) is 2.95. The van der Waals surface area contributed by atoms with Crippen LogP contribution in [0.2, 0.25) is 0 Å². The molecule has 1 heterocycles. The van der Waals surface area contributed by atoms with E-state index >= 15 is 0 Å². The maximum absolute atomic E-state index is 5.53. The Bertz CT molecular complexity index is 593. The summed E-state index contributed by atoms with van der Waals surface area (Å²) in [6, 6.07) is 18.4. The van der Waals surface area contributed by atoms with Crippen LogP contribution in [0, 0.1) is 6.92 Å². The van der Waals surface area contributed by atoms with Gasteiger partial charge in [0.15, 0.2) is 0 Å². The summed E-state index contributed by atoms with van der Waals surface area (Å²) in [5.41, 5.74) is 3.31. The first-order valence-corrected chi connectivity index (χ1v) is 6.21. The predicted molar refractivity (Wildman–Crippen MR) is 74.9 cm³/mol. The minimum atomic E-state index is 0.268. The normalized spacial score (nSPS) is 13.4. The van der Waals surface area contributed by atoms with Gasteiger partial charge in [0.2, 0.25) is 12.7 Å². The van der Waals surface area contributed by atoms with E-state index in [1.807, 2.05) is 41.3 Å². The van der Waals surface area contributed by atoms with Gasteiger partial charge >= 0.3 is 0 Å². The van der Waals surface area contributed by atoms with Crippen molar-refractivity contribution in [1.29, 1.82) is 0 Å². The molecular formula is C16H15NO2. The molecule has 0 atom stereocenters. The summed E-state index contributed by atoms with van der Waals surface area (Å²) < 4.78 is 10.7. The van der Waals surface area contributed by atoms with Gasteiger partial charge in [-0.15, -0.1) is 0 Å². The lowest BCUT2D eigenvalue weighted by atomic mass is 10.2. The highest BCUT2D eigenvalue weighted by atomic mass is 16.7. The van der Waals surface area contributed by atoms with Gasteiger partial charge in [-0.05, 0) is 36.8 Å². The van der Waals surface area contributed by atoms with Crippen LogP contribution in [-0.4, -0.2) is 6.79 Å². The first-order chi connectivity index (χ1) is 9.34. The lowest BCUT2D eigenvalue weighted by Crippen LogP contribution is -2.16. The van der Waals surface area contributed by atoms with Crippen LogP contribution in [0.3, 0.4) is 0 Å². The van der Waals surface area contributed by atoms with Crippen molar-refractivity contribution >= 4 is 11.4 Å². The van der Waals surface area contributed by atoms with Gasteiger partial charge in [-0.2, -0.15) is 0 Å². The molecule has 0 bridgehead atoms. The lowest BCUT2D eigenvalue weighted by Gasteiger charge is -2.24. The average Bonchev–Trinajstić information content (AvgIpc) is 2.94. The maximum atomic E-state index is 5.53. The molecule has 1 aliphatic heterocycles. The SMILES string of the molecule is Cc1cccc(N(C2=COCO2)c2ccccc2)c1. The van der Waals surface area contributed by atoms with E-state index in [1.165, 1.54) is 5.56 Å². The zero-order chi connectivity index (χ0) is 13.1. The molecule has 3 rings (SSSR count). The van der Waals surface area contributed by atoms with Gasteiger partial charge in [0, 0.05) is 11.4 Å². The summed E-state index contributed by atoms with van der Waals surface area (Å²) in [6.07, 6.45) is 1.65. The first kappa shape index (κ1) is 11.7. The number of para-hydroxylation sites is 1. The van der Waals surface area contributed by atoms with Gasteiger partial charge in [0.25, 0.3) is 0 Å². The lowest BCUT2D eigenvalue weighted by molar-refractivity contribution is 0.0798. The highest BCUT2D eigenvalue weighted by molar-refractivity contribution is 5.67. The Morgan fingerprint density at radius 2 is 1.74 bits per heavy atom. The van der Waals surface area contributed by atoms with E-state index in [2.05, 4.69) is 25.1 Å². The zero-order valence-electron chi connectivity index (χ0n) is 10.7. The fraction of sp³-hybridized carbons (Fsp3) is 0.125. The van der Waals surface area contributed by atoms with E-state index in [-0.39, 0.29) is 6.79 Å². The summed E-state index contributed by atoms with van der Waals surface area (Å²) >= 11 is 0. The third-order valence-electron chi connectivity index (χ3n) is 2.95. The molecule has 0 fully saturated rings. The third kappa shape index (κ3) is 2.40. The van der Waals surface area contributed by atoms with Crippen molar-refractivity contribution in [2.75, 3.05) is 11.7 Å². The van der Waals surface area contributed by atoms with Crippen LogP contribution in [0.15, 0.2) is 66.7 Å². The van der Waals surface area contributed by atoms with E-state index < -0.39 is 0 Å². The fourth-order valence-corrected chi connectivity index (χ4v) is 2.10. The standard InChI is InChI=1S/C16H15NO2/c1-13-6-5-9-15(10-13)17(16-11-18-12-19-16)14-7-3-2-4-8-14/h2-11H,12H2,1H3. The Hall–Kier alpha value is -2.42. The summed E-state index contributed by atoms with van der Waals surface area (Å²) in [5.74, 6) is 0.705. The molecule has 0 saturated heterocycles. The second-order valence-corrected chi connectivity index (χ2v) is 4.39. The van der Waals surface area contributed by atoms with Crippen molar-refractivity contribution in [1.82, 2.24) is 0 Å². The number of hydrogen-bond acceptors (Lipinski definition) is 3. The van der Waals surface area contributed by atoms with Crippen LogP contribution in [0.5, 0.6) is 0 Å². The molecule has 19 heavy (non-hydrogen) atoms. The van der Waals surface area contributed by atoms with Crippen LogP contribution in [0.25, 0.3) is 0 Å². The highest BCUT2D eigenvalue weighted by Crippen LogP contribution is 2.31. The molecule has 0 saturated carbocycles. The maximum Gasteiger partial charge on any atom is 0.237 e. The number of anilines is 2. The van der Waals surface area contributed by atoms with Gasteiger partial charge in [0.05, 0.1) is 0 Å². The minimum Gasteiger partial charge on any atom is -0.459 e. The molecule has 1 aliphatic rings. The summed E-state index contributed by atoms with van der Waals surface area (Å²) in [7, 11) is 0. The average molecular weight is 253 g/mol. The number of benzene rings is 2. The summed E-state index contributed by atoms with van der Waals surface area (Å²) in [6.45, 7) is 2.34. The second kappa shape index (κ2) is 5.06. The zero-order valence-corrected chi connectivity index (χ0v) is 10.7. The van der Waals surface area contributed by atoms with Crippen molar-refractivity contribution in [3.63, 3.8) is 0 Å². The molecule has 0 N–H and O–H groups in total.